The van der Waals surface area contributed by atoms with Crippen LogP contribution in [-0.2, 0) is 0 Å². The molecule has 2 rings (SSSR count). The van der Waals surface area contributed by atoms with Gasteiger partial charge in [0.1, 0.15) is 5.82 Å². The Morgan fingerprint density at radius 1 is 1.50 bits per heavy atom. The van der Waals surface area contributed by atoms with E-state index >= 15 is 0 Å². The van der Waals surface area contributed by atoms with Gasteiger partial charge in [-0.1, -0.05) is 12.1 Å². The Kier molecular flexibility index (Phi) is 2.23. The highest BCUT2D eigenvalue weighted by Crippen LogP contribution is 2.20. The van der Waals surface area contributed by atoms with E-state index in [2.05, 4.69) is 4.98 Å². The number of aliphatic hydroxyl groups is 1. The van der Waals surface area contributed by atoms with Crippen LogP contribution in [0.5, 0.6) is 0 Å². The van der Waals surface area contributed by atoms with E-state index in [4.69, 9.17) is 10.8 Å². The molecular weight excluding hydrogens is 183 g/mol. The molecule has 0 aliphatic heterocycles. The van der Waals surface area contributed by atoms with E-state index in [9.17, 15) is 4.39 Å². The van der Waals surface area contributed by atoms with E-state index in [0.29, 0.717) is 11.2 Å². The summed E-state index contributed by atoms with van der Waals surface area (Å²) in [5, 5.41) is 9.61. The van der Waals surface area contributed by atoms with Gasteiger partial charge in [-0.05, 0) is 12.1 Å². The van der Waals surface area contributed by atoms with Crippen molar-refractivity contribution in [2.45, 2.75) is 6.04 Å². The van der Waals surface area contributed by atoms with Crippen LogP contribution in [0.25, 0.3) is 10.9 Å². The van der Waals surface area contributed by atoms with Crippen LogP contribution in [0.2, 0.25) is 0 Å². The first kappa shape index (κ1) is 9.18. The van der Waals surface area contributed by atoms with Gasteiger partial charge in [0.2, 0.25) is 0 Å². The van der Waals surface area contributed by atoms with E-state index in [-0.39, 0.29) is 12.4 Å². The Hall–Kier alpha value is -1.39. The van der Waals surface area contributed by atoms with Gasteiger partial charge in [-0.15, -0.1) is 0 Å². The number of H-pyrrole nitrogens is 1. The number of fused-ring (bicyclic) bond motifs is 1. The number of benzene rings is 1. The minimum absolute atomic E-state index is 0.158. The lowest BCUT2D eigenvalue weighted by Gasteiger charge is -2.03. The van der Waals surface area contributed by atoms with Crippen molar-refractivity contribution < 1.29 is 9.50 Å². The first-order chi connectivity index (χ1) is 6.72. The predicted molar refractivity (Wildman–Crippen MR) is 52.3 cm³/mol. The van der Waals surface area contributed by atoms with E-state index in [1.807, 2.05) is 0 Å². The van der Waals surface area contributed by atoms with Crippen molar-refractivity contribution >= 4 is 10.9 Å². The molecule has 1 unspecified atom stereocenters. The molecule has 4 heteroatoms. The Bertz CT molecular complexity index is 452. The standard InChI is InChI=1S/C10H11FN2O/c11-7-3-1-2-6-4-9(8(12)5-14)13-10(6)7/h1-4,8,13-14H,5,12H2. The largest absolute Gasteiger partial charge is 0.394 e. The van der Waals surface area contributed by atoms with Gasteiger partial charge in [0.25, 0.3) is 0 Å². The average Bonchev–Trinajstić information content (AvgIpc) is 2.62. The number of aromatic amines is 1. The molecule has 0 saturated heterocycles. The molecule has 1 aromatic heterocycles. The molecular formula is C10H11FN2O. The summed E-state index contributed by atoms with van der Waals surface area (Å²) in [4.78, 5) is 2.85. The molecule has 1 atom stereocenters. The number of rotatable bonds is 2. The minimum atomic E-state index is -0.484. The van der Waals surface area contributed by atoms with Gasteiger partial charge in [-0.3, -0.25) is 0 Å². The zero-order chi connectivity index (χ0) is 10.1. The molecule has 0 saturated carbocycles. The first-order valence-electron chi connectivity index (χ1n) is 4.36. The van der Waals surface area contributed by atoms with Crippen molar-refractivity contribution in [1.29, 1.82) is 0 Å². The maximum absolute atomic E-state index is 13.2. The number of hydrogen-bond donors (Lipinski definition) is 3. The van der Waals surface area contributed by atoms with Crippen molar-refractivity contribution in [3.05, 3.63) is 35.8 Å². The maximum atomic E-state index is 13.2. The molecule has 0 fully saturated rings. The summed E-state index contributed by atoms with van der Waals surface area (Å²) in [6.07, 6.45) is 0. The number of para-hydroxylation sites is 1. The van der Waals surface area contributed by atoms with E-state index in [1.165, 1.54) is 6.07 Å². The lowest BCUT2D eigenvalue weighted by Crippen LogP contribution is -2.14. The van der Waals surface area contributed by atoms with Crippen LogP contribution in [0.1, 0.15) is 11.7 Å². The molecule has 3 nitrogen and oxygen atoms in total. The highest BCUT2D eigenvalue weighted by Gasteiger charge is 2.09. The quantitative estimate of drug-likeness (QED) is 0.674. The van der Waals surface area contributed by atoms with Crippen LogP contribution >= 0.6 is 0 Å². The molecule has 1 heterocycles. The highest BCUT2D eigenvalue weighted by molar-refractivity contribution is 5.81. The second-order valence-corrected chi connectivity index (χ2v) is 3.22. The van der Waals surface area contributed by atoms with Crippen LogP contribution in [0, 0.1) is 5.82 Å². The van der Waals surface area contributed by atoms with Crippen molar-refractivity contribution in [3.8, 4) is 0 Å². The van der Waals surface area contributed by atoms with Gasteiger partial charge in [0.05, 0.1) is 18.2 Å². The topological polar surface area (TPSA) is 62.0 Å². The SMILES string of the molecule is NC(CO)c1cc2cccc(F)c2[nH]1. The Morgan fingerprint density at radius 2 is 2.29 bits per heavy atom. The van der Waals surface area contributed by atoms with Gasteiger partial charge in [-0.2, -0.15) is 0 Å². The zero-order valence-electron chi connectivity index (χ0n) is 7.50. The normalized spacial score (nSPS) is 13.4. The summed E-state index contributed by atoms with van der Waals surface area (Å²) in [6, 6.07) is 6.08. The second-order valence-electron chi connectivity index (χ2n) is 3.22. The van der Waals surface area contributed by atoms with Crippen molar-refractivity contribution in [3.63, 3.8) is 0 Å². The van der Waals surface area contributed by atoms with Crippen LogP contribution in [0.3, 0.4) is 0 Å². The van der Waals surface area contributed by atoms with Crippen molar-refractivity contribution in [2.24, 2.45) is 5.73 Å². The molecule has 4 N–H and O–H groups in total. The van der Waals surface area contributed by atoms with Gasteiger partial charge in [-0.25, -0.2) is 4.39 Å². The van der Waals surface area contributed by atoms with Crippen LogP contribution in [0.15, 0.2) is 24.3 Å². The lowest BCUT2D eigenvalue weighted by molar-refractivity contribution is 0.266. The Labute approximate surface area is 80.4 Å². The second kappa shape index (κ2) is 3.40. The molecule has 0 aliphatic carbocycles. The fourth-order valence-electron chi connectivity index (χ4n) is 1.44. The molecule has 0 amide bonds. The summed E-state index contributed by atoms with van der Waals surface area (Å²) < 4.78 is 13.2. The number of halogens is 1. The summed E-state index contributed by atoms with van der Waals surface area (Å²) >= 11 is 0. The third kappa shape index (κ3) is 1.38. The number of aliphatic hydroxyl groups excluding tert-OH is 1. The van der Waals surface area contributed by atoms with E-state index < -0.39 is 6.04 Å². The van der Waals surface area contributed by atoms with Gasteiger partial charge < -0.3 is 15.8 Å². The molecule has 14 heavy (non-hydrogen) atoms. The third-order valence-corrected chi connectivity index (χ3v) is 2.22. The van der Waals surface area contributed by atoms with E-state index in [1.54, 1.807) is 18.2 Å². The third-order valence-electron chi connectivity index (χ3n) is 2.22. The minimum Gasteiger partial charge on any atom is -0.394 e. The highest BCUT2D eigenvalue weighted by atomic mass is 19.1. The van der Waals surface area contributed by atoms with Gasteiger partial charge in [0, 0.05) is 11.1 Å². The van der Waals surface area contributed by atoms with Gasteiger partial charge >= 0.3 is 0 Å². The molecule has 74 valence electrons. The maximum Gasteiger partial charge on any atom is 0.147 e. The number of nitrogens with two attached hydrogens (primary N) is 1. The zero-order valence-corrected chi connectivity index (χ0v) is 7.50. The summed E-state index contributed by atoms with van der Waals surface area (Å²) in [5.74, 6) is -0.307. The molecule has 1 aromatic carbocycles. The summed E-state index contributed by atoms with van der Waals surface area (Å²) in [5.41, 5.74) is 6.69. The Balaban J connectivity index is 2.56. The summed E-state index contributed by atoms with van der Waals surface area (Å²) in [7, 11) is 0. The number of nitrogens with one attached hydrogen (secondary N) is 1. The lowest BCUT2D eigenvalue weighted by atomic mass is 10.2. The van der Waals surface area contributed by atoms with Crippen molar-refractivity contribution in [1.82, 2.24) is 4.98 Å². The monoisotopic (exact) mass is 194 g/mol. The van der Waals surface area contributed by atoms with Crippen LogP contribution in [-0.4, -0.2) is 16.7 Å². The smallest absolute Gasteiger partial charge is 0.147 e. The predicted octanol–water partition coefficient (Wildman–Crippen LogP) is 1.30. The molecule has 0 spiro atoms. The Morgan fingerprint density at radius 3 is 2.93 bits per heavy atom. The molecule has 0 bridgehead atoms. The summed E-state index contributed by atoms with van der Waals surface area (Å²) in [6.45, 7) is -0.158. The van der Waals surface area contributed by atoms with Crippen molar-refractivity contribution in [2.75, 3.05) is 6.61 Å². The van der Waals surface area contributed by atoms with E-state index in [0.717, 1.165) is 5.39 Å². The van der Waals surface area contributed by atoms with Crippen LogP contribution in [0.4, 0.5) is 4.39 Å². The fourth-order valence-corrected chi connectivity index (χ4v) is 1.44. The van der Waals surface area contributed by atoms with Gasteiger partial charge in [0.15, 0.2) is 0 Å². The number of hydrogen-bond acceptors (Lipinski definition) is 2. The first-order valence-corrected chi connectivity index (χ1v) is 4.36. The molecule has 0 aliphatic rings. The van der Waals surface area contributed by atoms with Crippen LogP contribution < -0.4 is 5.73 Å². The number of aromatic nitrogens is 1. The molecule has 0 radical (unpaired) electrons. The molecule has 2 aromatic rings. The average molecular weight is 194 g/mol. The fraction of sp³-hybridized carbons (Fsp3) is 0.200.